The molecule has 0 fully saturated rings. The van der Waals surface area contributed by atoms with Gasteiger partial charge in [-0.05, 0) is 19.1 Å². The van der Waals surface area contributed by atoms with Crippen LogP contribution < -0.4 is 5.32 Å². The first-order valence-electron chi connectivity index (χ1n) is 5.16. The molecule has 4 nitrogen and oxygen atoms in total. The van der Waals surface area contributed by atoms with Crippen molar-refractivity contribution in [1.82, 2.24) is 14.7 Å². The standard InChI is InChI=1S/C11H14ClN3O/c1-8(7-16)13-4-10-5-14-11-3-2-9(12)6-15(10)11/h2-3,5-6,8,13,16H,4,7H2,1H3/t8-/m0/s1. The van der Waals surface area contributed by atoms with Crippen molar-refractivity contribution in [2.24, 2.45) is 0 Å². The highest BCUT2D eigenvalue weighted by atomic mass is 35.5. The van der Waals surface area contributed by atoms with Crippen LogP contribution in [0, 0.1) is 0 Å². The summed E-state index contributed by atoms with van der Waals surface area (Å²) in [6.07, 6.45) is 3.65. The third-order valence-corrected chi connectivity index (χ3v) is 2.68. The van der Waals surface area contributed by atoms with Crippen LogP contribution in [0.1, 0.15) is 12.6 Å². The molecule has 0 amide bonds. The molecular weight excluding hydrogens is 226 g/mol. The topological polar surface area (TPSA) is 49.6 Å². The lowest BCUT2D eigenvalue weighted by Crippen LogP contribution is -2.29. The number of pyridine rings is 1. The largest absolute Gasteiger partial charge is 0.395 e. The average molecular weight is 240 g/mol. The van der Waals surface area contributed by atoms with Crippen LogP contribution in [0.25, 0.3) is 5.65 Å². The van der Waals surface area contributed by atoms with E-state index < -0.39 is 0 Å². The van der Waals surface area contributed by atoms with Gasteiger partial charge in [0.25, 0.3) is 0 Å². The number of halogens is 1. The van der Waals surface area contributed by atoms with Crippen molar-refractivity contribution in [2.45, 2.75) is 19.5 Å². The number of fused-ring (bicyclic) bond motifs is 1. The fourth-order valence-electron chi connectivity index (χ4n) is 1.48. The van der Waals surface area contributed by atoms with E-state index in [-0.39, 0.29) is 12.6 Å². The molecule has 0 radical (unpaired) electrons. The van der Waals surface area contributed by atoms with Gasteiger partial charge in [0.2, 0.25) is 0 Å². The number of nitrogens with one attached hydrogen (secondary N) is 1. The second-order valence-corrected chi connectivity index (χ2v) is 4.23. The molecular formula is C11H14ClN3O. The van der Waals surface area contributed by atoms with Crippen molar-refractivity contribution >= 4 is 17.2 Å². The number of hydrogen-bond acceptors (Lipinski definition) is 3. The van der Waals surface area contributed by atoms with Gasteiger partial charge < -0.3 is 14.8 Å². The van der Waals surface area contributed by atoms with Crippen LogP contribution in [-0.2, 0) is 6.54 Å². The first-order chi connectivity index (χ1) is 7.70. The number of rotatable bonds is 4. The van der Waals surface area contributed by atoms with Crippen LogP contribution in [0.2, 0.25) is 5.02 Å². The monoisotopic (exact) mass is 239 g/mol. The van der Waals surface area contributed by atoms with Crippen LogP contribution in [0.3, 0.4) is 0 Å². The number of aromatic nitrogens is 2. The summed E-state index contributed by atoms with van der Waals surface area (Å²) in [6, 6.07) is 3.77. The fraction of sp³-hybridized carbons (Fsp3) is 0.364. The Bertz CT molecular complexity index is 483. The highest BCUT2D eigenvalue weighted by molar-refractivity contribution is 6.30. The molecule has 0 aliphatic rings. The minimum atomic E-state index is 0.0738. The summed E-state index contributed by atoms with van der Waals surface area (Å²) in [5, 5.41) is 12.8. The van der Waals surface area contributed by atoms with Crippen LogP contribution in [0.4, 0.5) is 0 Å². The molecule has 2 N–H and O–H groups in total. The summed E-state index contributed by atoms with van der Waals surface area (Å²) >= 11 is 5.93. The molecule has 2 heterocycles. The smallest absolute Gasteiger partial charge is 0.137 e. The van der Waals surface area contributed by atoms with E-state index in [0.29, 0.717) is 11.6 Å². The lowest BCUT2D eigenvalue weighted by atomic mass is 10.3. The molecule has 2 aromatic rings. The lowest BCUT2D eigenvalue weighted by molar-refractivity contribution is 0.250. The Morgan fingerprint density at radius 3 is 3.12 bits per heavy atom. The van der Waals surface area contributed by atoms with Crippen molar-refractivity contribution in [2.75, 3.05) is 6.61 Å². The zero-order valence-electron chi connectivity index (χ0n) is 9.02. The van der Waals surface area contributed by atoms with E-state index in [0.717, 1.165) is 11.3 Å². The Morgan fingerprint density at radius 2 is 2.38 bits per heavy atom. The van der Waals surface area contributed by atoms with Crippen molar-refractivity contribution in [3.05, 3.63) is 35.2 Å². The highest BCUT2D eigenvalue weighted by Crippen LogP contribution is 2.12. The van der Waals surface area contributed by atoms with Gasteiger partial charge >= 0.3 is 0 Å². The van der Waals surface area contributed by atoms with Gasteiger partial charge in [0.1, 0.15) is 5.65 Å². The van der Waals surface area contributed by atoms with Crippen LogP contribution in [-0.4, -0.2) is 27.1 Å². The van der Waals surface area contributed by atoms with Gasteiger partial charge in [0.15, 0.2) is 0 Å². The Labute approximate surface area is 98.9 Å². The minimum Gasteiger partial charge on any atom is -0.395 e. The predicted molar refractivity (Wildman–Crippen MR) is 63.6 cm³/mol. The van der Waals surface area contributed by atoms with Gasteiger partial charge in [-0.3, -0.25) is 0 Å². The summed E-state index contributed by atoms with van der Waals surface area (Å²) < 4.78 is 1.94. The maximum Gasteiger partial charge on any atom is 0.137 e. The molecule has 0 unspecified atom stereocenters. The second-order valence-electron chi connectivity index (χ2n) is 3.79. The van der Waals surface area contributed by atoms with Crippen molar-refractivity contribution in [3.8, 4) is 0 Å². The van der Waals surface area contributed by atoms with Crippen molar-refractivity contribution in [1.29, 1.82) is 0 Å². The summed E-state index contributed by atoms with van der Waals surface area (Å²) in [7, 11) is 0. The van der Waals surface area contributed by atoms with Gasteiger partial charge in [-0.25, -0.2) is 4.98 Å². The van der Waals surface area contributed by atoms with Crippen molar-refractivity contribution < 1.29 is 5.11 Å². The SMILES string of the molecule is C[C@@H](CO)NCc1cnc2ccc(Cl)cn12. The Morgan fingerprint density at radius 1 is 1.56 bits per heavy atom. The third kappa shape index (κ3) is 2.35. The maximum atomic E-state index is 8.91. The van der Waals surface area contributed by atoms with E-state index >= 15 is 0 Å². The molecule has 86 valence electrons. The number of hydrogen-bond donors (Lipinski definition) is 2. The molecule has 0 saturated carbocycles. The number of imidazole rings is 1. The molecule has 5 heteroatoms. The molecule has 0 aromatic carbocycles. The molecule has 0 bridgehead atoms. The number of aliphatic hydroxyl groups excluding tert-OH is 1. The number of aliphatic hydroxyl groups is 1. The first-order valence-corrected chi connectivity index (χ1v) is 5.54. The quantitative estimate of drug-likeness (QED) is 0.849. The highest BCUT2D eigenvalue weighted by Gasteiger charge is 2.05. The molecule has 0 saturated heterocycles. The fourth-order valence-corrected chi connectivity index (χ4v) is 1.64. The summed E-state index contributed by atoms with van der Waals surface area (Å²) in [4.78, 5) is 4.27. The van der Waals surface area contributed by atoms with Crippen LogP contribution in [0.15, 0.2) is 24.5 Å². The van der Waals surface area contributed by atoms with Gasteiger partial charge in [0, 0.05) is 18.8 Å². The van der Waals surface area contributed by atoms with Crippen LogP contribution in [0.5, 0.6) is 0 Å². The molecule has 0 spiro atoms. The Hall–Kier alpha value is -1.10. The van der Waals surface area contributed by atoms with E-state index in [1.54, 1.807) is 0 Å². The van der Waals surface area contributed by atoms with Crippen LogP contribution >= 0.6 is 11.6 Å². The summed E-state index contributed by atoms with van der Waals surface area (Å²) in [5.41, 5.74) is 1.90. The van der Waals surface area contributed by atoms with E-state index in [9.17, 15) is 0 Å². The molecule has 0 aliphatic carbocycles. The normalized spacial score (nSPS) is 13.2. The molecule has 2 aromatic heterocycles. The summed E-state index contributed by atoms with van der Waals surface area (Å²) in [6.45, 7) is 2.71. The lowest BCUT2D eigenvalue weighted by Gasteiger charge is -2.10. The molecule has 1 atom stereocenters. The molecule has 0 aliphatic heterocycles. The van der Waals surface area contributed by atoms with Gasteiger partial charge in [-0.15, -0.1) is 0 Å². The maximum absolute atomic E-state index is 8.91. The van der Waals surface area contributed by atoms with Gasteiger partial charge in [-0.1, -0.05) is 11.6 Å². The molecule has 2 rings (SSSR count). The second kappa shape index (κ2) is 4.82. The Balaban J connectivity index is 2.21. The average Bonchev–Trinajstić information content (AvgIpc) is 2.68. The predicted octanol–water partition coefficient (Wildman–Crippen LogP) is 1.46. The van der Waals surface area contributed by atoms with Gasteiger partial charge in [-0.2, -0.15) is 0 Å². The van der Waals surface area contributed by atoms with E-state index in [1.165, 1.54) is 0 Å². The number of nitrogens with zero attached hydrogens (tertiary/aromatic N) is 2. The van der Waals surface area contributed by atoms with Gasteiger partial charge in [0.05, 0.1) is 23.5 Å². The summed E-state index contributed by atoms with van der Waals surface area (Å²) in [5.74, 6) is 0. The minimum absolute atomic E-state index is 0.0738. The van der Waals surface area contributed by atoms with E-state index in [4.69, 9.17) is 16.7 Å². The first kappa shape index (κ1) is 11.4. The molecule has 16 heavy (non-hydrogen) atoms. The van der Waals surface area contributed by atoms with Crippen molar-refractivity contribution in [3.63, 3.8) is 0 Å². The van der Waals surface area contributed by atoms with E-state index in [2.05, 4.69) is 10.3 Å². The zero-order valence-corrected chi connectivity index (χ0v) is 9.78. The third-order valence-electron chi connectivity index (χ3n) is 2.45. The zero-order chi connectivity index (χ0) is 11.5. The Kier molecular flexibility index (Phi) is 3.43. The van der Waals surface area contributed by atoms with E-state index in [1.807, 2.05) is 35.9 Å².